The summed E-state index contributed by atoms with van der Waals surface area (Å²) < 4.78 is 0. The molecule has 1 aliphatic rings. The topological polar surface area (TPSA) is 29.3 Å². The number of hydrogen-bond donors (Lipinski definition) is 1. The van der Waals surface area contributed by atoms with Crippen molar-refractivity contribution in [2.75, 3.05) is 11.4 Å². The Bertz CT molecular complexity index is 587. The smallest absolute Gasteiger partial charge is 0.0691 e. The van der Waals surface area contributed by atoms with Crippen molar-refractivity contribution in [3.63, 3.8) is 0 Å². The van der Waals surface area contributed by atoms with E-state index in [1.165, 1.54) is 22.4 Å². The number of fused-ring (bicyclic) bond motifs is 1. The summed E-state index contributed by atoms with van der Waals surface area (Å²) in [6, 6.07) is 17.8. The highest BCUT2D eigenvalue weighted by Gasteiger charge is 2.29. The highest BCUT2D eigenvalue weighted by molar-refractivity contribution is 5.59. The van der Waals surface area contributed by atoms with E-state index in [2.05, 4.69) is 67.3 Å². The second-order valence-electron chi connectivity index (χ2n) is 5.79. The van der Waals surface area contributed by atoms with Crippen molar-refractivity contribution in [1.82, 2.24) is 0 Å². The minimum Gasteiger partial charge on any atom is -0.362 e. The molecular weight excluding hydrogens is 244 g/mol. The molecule has 0 saturated heterocycles. The molecule has 2 aromatic carbocycles. The molecule has 2 nitrogen and oxygen atoms in total. The molecule has 0 aliphatic carbocycles. The largest absolute Gasteiger partial charge is 0.362 e. The number of benzene rings is 2. The summed E-state index contributed by atoms with van der Waals surface area (Å²) in [4.78, 5) is 2.46. The number of para-hydroxylation sites is 1. The molecule has 0 amide bonds. The van der Waals surface area contributed by atoms with Crippen LogP contribution in [0.25, 0.3) is 0 Å². The SMILES string of the molecule is Cc1ccc(C(C(C)N)N2CCc3ccccc32)cc1. The molecule has 2 N–H and O–H groups in total. The van der Waals surface area contributed by atoms with Crippen LogP contribution in [0.2, 0.25) is 0 Å². The number of anilines is 1. The fourth-order valence-electron chi connectivity index (χ4n) is 3.18. The lowest BCUT2D eigenvalue weighted by atomic mass is 9.98. The van der Waals surface area contributed by atoms with Crippen molar-refractivity contribution in [1.29, 1.82) is 0 Å². The fourth-order valence-corrected chi connectivity index (χ4v) is 3.18. The van der Waals surface area contributed by atoms with Gasteiger partial charge >= 0.3 is 0 Å². The van der Waals surface area contributed by atoms with Crippen LogP contribution in [-0.2, 0) is 6.42 Å². The lowest BCUT2D eigenvalue weighted by Gasteiger charge is -2.33. The van der Waals surface area contributed by atoms with Crippen LogP contribution in [0.5, 0.6) is 0 Å². The van der Waals surface area contributed by atoms with Crippen LogP contribution in [-0.4, -0.2) is 12.6 Å². The Hall–Kier alpha value is -1.80. The van der Waals surface area contributed by atoms with Gasteiger partial charge in [-0.25, -0.2) is 0 Å². The Labute approximate surface area is 121 Å². The van der Waals surface area contributed by atoms with Crippen molar-refractivity contribution in [2.45, 2.75) is 32.4 Å². The van der Waals surface area contributed by atoms with Gasteiger partial charge in [-0.15, -0.1) is 0 Å². The molecule has 2 atom stereocenters. The van der Waals surface area contributed by atoms with Gasteiger partial charge in [0.1, 0.15) is 0 Å². The average Bonchev–Trinajstić information content (AvgIpc) is 2.85. The summed E-state index contributed by atoms with van der Waals surface area (Å²) in [7, 11) is 0. The fraction of sp³-hybridized carbons (Fsp3) is 0.333. The summed E-state index contributed by atoms with van der Waals surface area (Å²) >= 11 is 0. The van der Waals surface area contributed by atoms with Gasteiger partial charge in [0.05, 0.1) is 6.04 Å². The minimum atomic E-state index is 0.101. The molecule has 1 aliphatic heterocycles. The first-order valence-corrected chi connectivity index (χ1v) is 7.33. The maximum absolute atomic E-state index is 6.30. The molecule has 0 spiro atoms. The van der Waals surface area contributed by atoms with Gasteiger partial charge < -0.3 is 10.6 Å². The van der Waals surface area contributed by atoms with E-state index in [1.54, 1.807) is 0 Å². The maximum Gasteiger partial charge on any atom is 0.0691 e. The molecule has 0 radical (unpaired) electrons. The summed E-state index contributed by atoms with van der Waals surface area (Å²) in [6.07, 6.45) is 1.12. The van der Waals surface area contributed by atoms with Gasteiger partial charge in [0, 0.05) is 18.3 Å². The highest BCUT2D eigenvalue weighted by atomic mass is 15.2. The minimum absolute atomic E-state index is 0.101. The molecule has 0 bridgehead atoms. The van der Waals surface area contributed by atoms with E-state index in [0.717, 1.165) is 13.0 Å². The average molecular weight is 266 g/mol. The van der Waals surface area contributed by atoms with E-state index >= 15 is 0 Å². The van der Waals surface area contributed by atoms with Crippen LogP contribution in [0.15, 0.2) is 48.5 Å². The molecule has 2 unspecified atom stereocenters. The summed E-state index contributed by atoms with van der Waals surface area (Å²) in [5.74, 6) is 0. The van der Waals surface area contributed by atoms with Gasteiger partial charge in [0.15, 0.2) is 0 Å². The first kappa shape index (κ1) is 13.2. The Morgan fingerprint density at radius 3 is 2.45 bits per heavy atom. The molecular formula is C18H22N2. The van der Waals surface area contributed by atoms with Gasteiger partial charge in [0.2, 0.25) is 0 Å². The van der Waals surface area contributed by atoms with Crippen molar-refractivity contribution in [3.05, 3.63) is 65.2 Å². The Morgan fingerprint density at radius 1 is 1.05 bits per heavy atom. The second-order valence-corrected chi connectivity index (χ2v) is 5.79. The van der Waals surface area contributed by atoms with Crippen LogP contribution in [0.1, 0.15) is 29.7 Å². The zero-order valence-corrected chi connectivity index (χ0v) is 12.2. The van der Waals surface area contributed by atoms with Crippen molar-refractivity contribution in [2.24, 2.45) is 5.73 Å². The molecule has 0 aromatic heterocycles. The first-order valence-electron chi connectivity index (χ1n) is 7.33. The van der Waals surface area contributed by atoms with Crippen molar-refractivity contribution in [3.8, 4) is 0 Å². The van der Waals surface area contributed by atoms with Crippen LogP contribution >= 0.6 is 0 Å². The van der Waals surface area contributed by atoms with E-state index in [9.17, 15) is 0 Å². The normalized spacial score (nSPS) is 16.9. The third-order valence-corrected chi connectivity index (χ3v) is 4.18. The standard InChI is InChI=1S/C18H22N2/c1-13-7-9-16(10-8-13)18(14(2)19)20-12-11-15-5-3-4-6-17(15)20/h3-10,14,18H,11-12,19H2,1-2H3. The molecule has 1 heterocycles. The van der Waals surface area contributed by atoms with Gasteiger partial charge in [-0.3, -0.25) is 0 Å². The lowest BCUT2D eigenvalue weighted by Crippen LogP contribution is -2.38. The zero-order valence-electron chi connectivity index (χ0n) is 12.2. The van der Waals surface area contributed by atoms with Crippen LogP contribution in [0.4, 0.5) is 5.69 Å². The number of nitrogens with two attached hydrogens (primary N) is 1. The third kappa shape index (κ3) is 2.32. The number of rotatable bonds is 3. The predicted molar refractivity (Wildman–Crippen MR) is 85.1 cm³/mol. The Balaban J connectivity index is 1.98. The second kappa shape index (κ2) is 5.29. The lowest BCUT2D eigenvalue weighted by molar-refractivity contribution is 0.541. The van der Waals surface area contributed by atoms with Crippen LogP contribution in [0, 0.1) is 6.92 Å². The zero-order chi connectivity index (χ0) is 14.1. The molecule has 104 valence electrons. The van der Waals surface area contributed by atoms with E-state index in [-0.39, 0.29) is 12.1 Å². The first-order chi connectivity index (χ1) is 9.66. The van der Waals surface area contributed by atoms with Gasteiger partial charge in [0.25, 0.3) is 0 Å². The van der Waals surface area contributed by atoms with E-state index < -0.39 is 0 Å². The number of nitrogens with zero attached hydrogens (tertiary/aromatic N) is 1. The maximum atomic E-state index is 6.30. The molecule has 2 aromatic rings. The quantitative estimate of drug-likeness (QED) is 0.922. The van der Waals surface area contributed by atoms with E-state index in [1.807, 2.05) is 0 Å². The predicted octanol–water partition coefficient (Wildman–Crippen LogP) is 3.45. The molecule has 0 fully saturated rings. The number of aryl methyl sites for hydroxylation is 1. The van der Waals surface area contributed by atoms with Gasteiger partial charge in [-0.2, -0.15) is 0 Å². The molecule has 20 heavy (non-hydrogen) atoms. The van der Waals surface area contributed by atoms with Crippen molar-refractivity contribution < 1.29 is 0 Å². The Morgan fingerprint density at radius 2 is 1.75 bits per heavy atom. The van der Waals surface area contributed by atoms with Gasteiger partial charge in [-0.1, -0.05) is 48.0 Å². The third-order valence-electron chi connectivity index (χ3n) is 4.18. The summed E-state index contributed by atoms with van der Waals surface area (Å²) in [5, 5.41) is 0. The summed E-state index contributed by atoms with van der Waals surface area (Å²) in [6.45, 7) is 5.28. The van der Waals surface area contributed by atoms with E-state index in [0.29, 0.717) is 0 Å². The molecule has 0 saturated carbocycles. The van der Waals surface area contributed by atoms with Crippen LogP contribution < -0.4 is 10.6 Å². The highest BCUT2D eigenvalue weighted by Crippen LogP contribution is 2.36. The number of hydrogen-bond acceptors (Lipinski definition) is 2. The van der Waals surface area contributed by atoms with Crippen molar-refractivity contribution >= 4 is 5.69 Å². The monoisotopic (exact) mass is 266 g/mol. The van der Waals surface area contributed by atoms with Crippen LogP contribution in [0.3, 0.4) is 0 Å². The van der Waals surface area contributed by atoms with E-state index in [4.69, 9.17) is 5.73 Å². The molecule has 2 heteroatoms. The van der Waals surface area contributed by atoms with Gasteiger partial charge in [-0.05, 0) is 37.5 Å². The summed E-state index contributed by atoms with van der Waals surface area (Å²) in [5.41, 5.74) is 11.7. The Kier molecular flexibility index (Phi) is 3.49. The molecule has 3 rings (SSSR count).